The highest BCUT2D eigenvalue weighted by molar-refractivity contribution is 5.39. The van der Waals surface area contributed by atoms with E-state index in [2.05, 4.69) is 29.2 Å². The van der Waals surface area contributed by atoms with Crippen molar-refractivity contribution in [3.63, 3.8) is 0 Å². The molecule has 1 heterocycles. The van der Waals surface area contributed by atoms with Crippen molar-refractivity contribution >= 4 is 5.69 Å². The number of likely N-dealkylation sites (tertiary alicyclic amines) is 1. The lowest BCUT2D eigenvalue weighted by Gasteiger charge is -2.24. The molecule has 114 valence electrons. The van der Waals surface area contributed by atoms with Gasteiger partial charge in [-0.25, -0.2) is 0 Å². The molecule has 0 bridgehead atoms. The number of hydrogen-bond acceptors (Lipinski definition) is 3. The monoisotopic (exact) mass is 296 g/mol. The standard InChI is InChI=1S/C18H20N2O2/c21-20(22)18-11-5-4-9-16(18)14-19-12-6-10-17(19)13-15-7-2-1-3-8-15/h1-5,7-9,11,17H,6,10,12-14H2. The summed E-state index contributed by atoms with van der Waals surface area (Å²) < 4.78 is 0. The van der Waals surface area contributed by atoms with Crippen molar-refractivity contribution < 1.29 is 4.92 Å². The second-order valence-corrected chi connectivity index (χ2v) is 5.84. The number of para-hydroxylation sites is 1. The maximum absolute atomic E-state index is 11.2. The van der Waals surface area contributed by atoms with Crippen molar-refractivity contribution in [1.82, 2.24) is 4.90 Å². The quantitative estimate of drug-likeness (QED) is 0.622. The molecule has 0 N–H and O–H groups in total. The number of benzene rings is 2. The van der Waals surface area contributed by atoms with Gasteiger partial charge in [0.1, 0.15) is 0 Å². The maximum Gasteiger partial charge on any atom is 0.273 e. The van der Waals surface area contributed by atoms with E-state index in [1.54, 1.807) is 12.1 Å². The third-order valence-corrected chi connectivity index (χ3v) is 4.37. The molecule has 0 saturated carbocycles. The molecule has 2 aromatic carbocycles. The van der Waals surface area contributed by atoms with Gasteiger partial charge in [-0.2, -0.15) is 0 Å². The Morgan fingerprint density at radius 1 is 1.09 bits per heavy atom. The van der Waals surface area contributed by atoms with Crippen LogP contribution in [0, 0.1) is 10.1 Å². The van der Waals surface area contributed by atoms with Crippen molar-refractivity contribution in [2.45, 2.75) is 31.8 Å². The van der Waals surface area contributed by atoms with Gasteiger partial charge >= 0.3 is 0 Å². The minimum Gasteiger partial charge on any atom is -0.296 e. The Balaban J connectivity index is 1.73. The molecule has 0 aromatic heterocycles. The molecule has 1 aliphatic heterocycles. The summed E-state index contributed by atoms with van der Waals surface area (Å²) in [6, 6.07) is 18.0. The first-order valence-electron chi connectivity index (χ1n) is 7.74. The van der Waals surface area contributed by atoms with Gasteiger partial charge < -0.3 is 0 Å². The van der Waals surface area contributed by atoms with E-state index >= 15 is 0 Å². The summed E-state index contributed by atoms with van der Waals surface area (Å²) in [5, 5.41) is 11.2. The largest absolute Gasteiger partial charge is 0.296 e. The van der Waals surface area contributed by atoms with Gasteiger partial charge in [0, 0.05) is 24.2 Å². The highest BCUT2D eigenvalue weighted by Gasteiger charge is 2.26. The predicted molar refractivity (Wildman–Crippen MR) is 86.7 cm³/mol. The second-order valence-electron chi connectivity index (χ2n) is 5.84. The second kappa shape index (κ2) is 6.71. The molecule has 0 aliphatic carbocycles. The van der Waals surface area contributed by atoms with Crippen LogP contribution in [0.15, 0.2) is 54.6 Å². The van der Waals surface area contributed by atoms with Gasteiger partial charge in [-0.1, -0.05) is 48.5 Å². The van der Waals surface area contributed by atoms with E-state index in [0.717, 1.165) is 31.4 Å². The molecule has 4 heteroatoms. The Bertz CT molecular complexity index is 643. The first-order valence-corrected chi connectivity index (χ1v) is 7.74. The van der Waals surface area contributed by atoms with Crippen LogP contribution in [0.2, 0.25) is 0 Å². The van der Waals surface area contributed by atoms with Crippen LogP contribution >= 0.6 is 0 Å². The predicted octanol–water partition coefficient (Wildman–Crippen LogP) is 3.80. The molecule has 2 aromatic rings. The Labute approximate surface area is 130 Å². The zero-order chi connectivity index (χ0) is 15.4. The van der Waals surface area contributed by atoms with E-state index < -0.39 is 0 Å². The number of nitrogens with zero attached hydrogens (tertiary/aromatic N) is 2. The average Bonchev–Trinajstić information content (AvgIpc) is 2.96. The fraction of sp³-hybridized carbons (Fsp3) is 0.333. The summed E-state index contributed by atoms with van der Waals surface area (Å²) in [4.78, 5) is 13.3. The van der Waals surface area contributed by atoms with Gasteiger partial charge in [-0.15, -0.1) is 0 Å². The summed E-state index contributed by atoms with van der Waals surface area (Å²) in [7, 11) is 0. The van der Waals surface area contributed by atoms with E-state index in [0.29, 0.717) is 12.6 Å². The van der Waals surface area contributed by atoms with Crippen molar-refractivity contribution in [3.05, 3.63) is 75.8 Å². The topological polar surface area (TPSA) is 46.4 Å². The van der Waals surface area contributed by atoms with Gasteiger partial charge in [0.25, 0.3) is 5.69 Å². The molecule has 22 heavy (non-hydrogen) atoms. The summed E-state index contributed by atoms with van der Waals surface area (Å²) >= 11 is 0. The van der Waals surface area contributed by atoms with Crippen LogP contribution in [0.25, 0.3) is 0 Å². The number of rotatable bonds is 5. The molecular formula is C18H20N2O2. The SMILES string of the molecule is O=[N+]([O-])c1ccccc1CN1CCCC1Cc1ccccc1. The van der Waals surface area contributed by atoms with Gasteiger partial charge in [0.2, 0.25) is 0 Å². The van der Waals surface area contributed by atoms with E-state index in [-0.39, 0.29) is 10.6 Å². The smallest absolute Gasteiger partial charge is 0.273 e. The van der Waals surface area contributed by atoms with E-state index in [1.165, 1.54) is 5.56 Å². The van der Waals surface area contributed by atoms with Gasteiger partial charge in [0.05, 0.1) is 4.92 Å². The van der Waals surface area contributed by atoms with Gasteiger partial charge in [-0.3, -0.25) is 15.0 Å². The van der Waals surface area contributed by atoms with Gasteiger partial charge in [-0.05, 0) is 31.4 Å². The Morgan fingerprint density at radius 3 is 2.59 bits per heavy atom. The van der Waals surface area contributed by atoms with Crippen molar-refractivity contribution in [2.24, 2.45) is 0 Å². The summed E-state index contributed by atoms with van der Waals surface area (Å²) in [5.41, 5.74) is 2.38. The molecule has 0 spiro atoms. The van der Waals surface area contributed by atoms with Crippen LogP contribution in [0.4, 0.5) is 5.69 Å². The van der Waals surface area contributed by atoms with Crippen LogP contribution in [-0.4, -0.2) is 22.4 Å². The van der Waals surface area contributed by atoms with Crippen LogP contribution in [0.3, 0.4) is 0 Å². The zero-order valence-electron chi connectivity index (χ0n) is 12.5. The zero-order valence-corrected chi connectivity index (χ0v) is 12.5. The van der Waals surface area contributed by atoms with Crippen molar-refractivity contribution in [2.75, 3.05) is 6.54 Å². The Morgan fingerprint density at radius 2 is 1.82 bits per heavy atom. The third-order valence-electron chi connectivity index (χ3n) is 4.37. The lowest BCUT2D eigenvalue weighted by atomic mass is 10.0. The number of hydrogen-bond donors (Lipinski definition) is 0. The fourth-order valence-corrected chi connectivity index (χ4v) is 3.26. The maximum atomic E-state index is 11.2. The lowest BCUT2D eigenvalue weighted by Crippen LogP contribution is -2.30. The van der Waals surface area contributed by atoms with Gasteiger partial charge in [0.15, 0.2) is 0 Å². The molecule has 0 radical (unpaired) electrons. The molecule has 1 fully saturated rings. The van der Waals surface area contributed by atoms with E-state index in [9.17, 15) is 10.1 Å². The molecule has 0 amide bonds. The summed E-state index contributed by atoms with van der Waals surface area (Å²) in [6.45, 7) is 1.68. The molecule has 4 nitrogen and oxygen atoms in total. The normalized spacial score (nSPS) is 18.5. The Kier molecular flexibility index (Phi) is 4.49. The lowest BCUT2D eigenvalue weighted by molar-refractivity contribution is -0.385. The first-order chi connectivity index (χ1) is 10.7. The number of nitro groups is 1. The Hall–Kier alpha value is -2.20. The molecule has 1 atom stereocenters. The van der Waals surface area contributed by atoms with E-state index in [4.69, 9.17) is 0 Å². The van der Waals surface area contributed by atoms with Crippen LogP contribution in [0.5, 0.6) is 0 Å². The minimum atomic E-state index is -0.280. The highest BCUT2D eigenvalue weighted by atomic mass is 16.6. The third kappa shape index (κ3) is 3.34. The molecule has 1 saturated heterocycles. The molecule has 1 aliphatic rings. The fourth-order valence-electron chi connectivity index (χ4n) is 3.26. The van der Waals surface area contributed by atoms with Crippen molar-refractivity contribution in [1.29, 1.82) is 0 Å². The van der Waals surface area contributed by atoms with Crippen LogP contribution in [-0.2, 0) is 13.0 Å². The van der Waals surface area contributed by atoms with Crippen molar-refractivity contribution in [3.8, 4) is 0 Å². The average molecular weight is 296 g/mol. The summed E-state index contributed by atoms with van der Waals surface area (Å²) in [5.74, 6) is 0. The highest BCUT2D eigenvalue weighted by Crippen LogP contribution is 2.26. The minimum absolute atomic E-state index is 0.230. The molecule has 3 rings (SSSR count). The molecule has 1 unspecified atom stereocenters. The van der Waals surface area contributed by atoms with Crippen LogP contribution in [0.1, 0.15) is 24.0 Å². The molecular weight excluding hydrogens is 276 g/mol. The van der Waals surface area contributed by atoms with Crippen LogP contribution < -0.4 is 0 Å². The summed E-state index contributed by atoms with van der Waals surface area (Å²) in [6.07, 6.45) is 3.34. The van der Waals surface area contributed by atoms with E-state index in [1.807, 2.05) is 18.2 Å². The number of nitro benzene ring substituents is 1. The first kappa shape index (κ1) is 14.7.